The largest absolute Gasteiger partial charge is 0.381 e. The summed E-state index contributed by atoms with van der Waals surface area (Å²) in [6.07, 6.45) is 3.66. The summed E-state index contributed by atoms with van der Waals surface area (Å²) in [6.45, 7) is 1.65. The average Bonchev–Trinajstić information content (AvgIpc) is 2.31. The molecule has 15 heavy (non-hydrogen) atoms. The first-order chi connectivity index (χ1) is 7.40. The summed E-state index contributed by atoms with van der Waals surface area (Å²) in [5.74, 6) is 0.542. The fraction of sp³-hybridized carbons (Fsp3) is 0.417. The van der Waals surface area contributed by atoms with Gasteiger partial charge in [0.1, 0.15) is 0 Å². The molecule has 0 aromatic heterocycles. The number of nitrogens with zero attached hydrogens (tertiary/aromatic N) is 1. The van der Waals surface area contributed by atoms with E-state index >= 15 is 0 Å². The van der Waals surface area contributed by atoms with Crippen molar-refractivity contribution in [1.29, 1.82) is 0 Å². The van der Waals surface area contributed by atoms with Gasteiger partial charge in [0.25, 0.3) is 0 Å². The van der Waals surface area contributed by atoms with Crippen LogP contribution >= 0.6 is 0 Å². The molecule has 1 saturated heterocycles. The van der Waals surface area contributed by atoms with Gasteiger partial charge in [-0.05, 0) is 36.5 Å². The van der Waals surface area contributed by atoms with Crippen molar-refractivity contribution in [3.05, 3.63) is 29.8 Å². The lowest BCUT2D eigenvalue weighted by Crippen LogP contribution is -2.13. The molecule has 0 atom stereocenters. The topological polar surface area (TPSA) is 38.7 Å². The molecule has 3 nitrogen and oxygen atoms in total. The number of ether oxygens (including phenoxy) is 1. The second-order valence-electron chi connectivity index (χ2n) is 3.68. The predicted molar refractivity (Wildman–Crippen MR) is 57.0 cm³/mol. The summed E-state index contributed by atoms with van der Waals surface area (Å²) in [5, 5.41) is 0. The van der Waals surface area contributed by atoms with Crippen molar-refractivity contribution in [2.24, 2.45) is 4.99 Å². The Hall–Kier alpha value is -1.44. The molecule has 2 rings (SSSR count). The second kappa shape index (κ2) is 4.87. The number of aliphatic imine (C=N–C) groups is 1. The third-order valence-corrected chi connectivity index (χ3v) is 2.74. The molecule has 1 aromatic carbocycles. The van der Waals surface area contributed by atoms with Crippen LogP contribution in [0.4, 0.5) is 5.69 Å². The zero-order valence-electron chi connectivity index (χ0n) is 8.48. The quantitative estimate of drug-likeness (QED) is 0.547. The van der Waals surface area contributed by atoms with Crippen LogP contribution in [0.25, 0.3) is 0 Å². The molecule has 1 aliphatic heterocycles. The summed E-state index contributed by atoms with van der Waals surface area (Å²) in [5.41, 5.74) is 1.93. The second-order valence-corrected chi connectivity index (χ2v) is 3.68. The molecule has 0 amide bonds. The van der Waals surface area contributed by atoms with Crippen LogP contribution in [0, 0.1) is 0 Å². The highest BCUT2D eigenvalue weighted by Crippen LogP contribution is 2.28. The monoisotopic (exact) mass is 203 g/mol. The van der Waals surface area contributed by atoms with E-state index in [0.717, 1.165) is 26.1 Å². The van der Waals surface area contributed by atoms with Crippen molar-refractivity contribution in [2.45, 2.75) is 18.8 Å². The third kappa shape index (κ3) is 2.52. The number of hydrogen-bond donors (Lipinski definition) is 0. The van der Waals surface area contributed by atoms with Gasteiger partial charge in [0.2, 0.25) is 6.08 Å². The predicted octanol–water partition coefficient (Wildman–Crippen LogP) is 2.55. The number of rotatable bonds is 2. The number of isocyanates is 1. The summed E-state index contributed by atoms with van der Waals surface area (Å²) >= 11 is 0. The third-order valence-electron chi connectivity index (χ3n) is 2.74. The van der Waals surface area contributed by atoms with Crippen LogP contribution in [-0.2, 0) is 9.53 Å². The molecule has 0 spiro atoms. The molecule has 1 aliphatic rings. The number of benzene rings is 1. The van der Waals surface area contributed by atoms with E-state index in [1.165, 1.54) is 5.56 Å². The van der Waals surface area contributed by atoms with E-state index in [-0.39, 0.29) is 0 Å². The van der Waals surface area contributed by atoms with E-state index in [1.807, 2.05) is 18.2 Å². The normalized spacial score (nSPS) is 17.1. The molecule has 0 saturated carbocycles. The zero-order chi connectivity index (χ0) is 10.5. The standard InChI is InChI=1S/C12H13NO2/c14-9-13-12-3-1-2-11(8-12)10-4-6-15-7-5-10/h1-3,8,10H,4-7H2. The molecule has 1 heterocycles. The summed E-state index contributed by atoms with van der Waals surface area (Å²) < 4.78 is 5.31. The lowest BCUT2D eigenvalue weighted by atomic mass is 9.91. The Morgan fingerprint density at radius 1 is 1.33 bits per heavy atom. The highest BCUT2D eigenvalue weighted by molar-refractivity contribution is 5.50. The van der Waals surface area contributed by atoms with Gasteiger partial charge in [-0.2, -0.15) is 4.99 Å². The minimum atomic E-state index is 0.542. The fourth-order valence-corrected chi connectivity index (χ4v) is 1.93. The molecule has 1 fully saturated rings. The van der Waals surface area contributed by atoms with Crippen LogP contribution in [0.2, 0.25) is 0 Å². The molecular weight excluding hydrogens is 190 g/mol. The van der Waals surface area contributed by atoms with E-state index in [4.69, 9.17) is 4.74 Å². The first kappa shape index (κ1) is 10.1. The highest BCUT2D eigenvalue weighted by Gasteiger charge is 2.15. The maximum atomic E-state index is 10.2. The molecule has 0 N–H and O–H groups in total. The van der Waals surface area contributed by atoms with Crippen LogP contribution in [0.1, 0.15) is 24.3 Å². The van der Waals surface area contributed by atoms with Gasteiger partial charge in [-0.1, -0.05) is 12.1 Å². The van der Waals surface area contributed by atoms with Gasteiger partial charge in [-0.15, -0.1) is 0 Å². The van der Waals surface area contributed by atoms with Gasteiger partial charge >= 0.3 is 0 Å². The smallest absolute Gasteiger partial charge is 0.240 e. The van der Waals surface area contributed by atoms with Crippen molar-refractivity contribution in [1.82, 2.24) is 0 Å². The van der Waals surface area contributed by atoms with E-state index in [0.29, 0.717) is 11.6 Å². The van der Waals surface area contributed by atoms with Gasteiger partial charge in [0, 0.05) is 13.2 Å². The number of carbonyl (C=O) groups excluding carboxylic acids is 1. The molecule has 3 heteroatoms. The van der Waals surface area contributed by atoms with Gasteiger partial charge in [-0.3, -0.25) is 0 Å². The van der Waals surface area contributed by atoms with E-state index < -0.39 is 0 Å². The van der Waals surface area contributed by atoms with Crippen molar-refractivity contribution in [2.75, 3.05) is 13.2 Å². The number of hydrogen-bond acceptors (Lipinski definition) is 3. The zero-order valence-corrected chi connectivity index (χ0v) is 8.48. The van der Waals surface area contributed by atoms with E-state index in [9.17, 15) is 4.79 Å². The van der Waals surface area contributed by atoms with Crippen molar-refractivity contribution >= 4 is 11.8 Å². The van der Waals surface area contributed by atoms with Gasteiger partial charge in [0.15, 0.2) is 0 Å². The van der Waals surface area contributed by atoms with Gasteiger partial charge < -0.3 is 4.74 Å². The van der Waals surface area contributed by atoms with Crippen LogP contribution in [-0.4, -0.2) is 19.3 Å². The Labute approximate surface area is 88.8 Å². The molecule has 78 valence electrons. The molecular formula is C12H13NO2. The van der Waals surface area contributed by atoms with E-state index in [2.05, 4.69) is 11.1 Å². The van der Waals surface area contributed by atoms with Gasteiger partial charge in [-0.25, -0.2) is 4.79 Å². The van der Waals surface area contributed by atoms with Gasteiger partial charge in [0.05, 0.1) is 5.69 Å². The maximum Gasteiger partial charge on any atom is 0.240 e. The minimum Gasteiger partial charge on any atom is -0.381 e. The van der Waals surface area contributed by atoms with Crippen molar-refractivity contribution in [3.63, 3.8) is 0 Å². The Morgan fingerprint density at radius 2 is 2.13 bits per heavy atom. The Kier molecular flexibility index (Phi) is 3.28. The first-order valence-electron chi connectivity index (χ1n) is 5.16. The molecule has 0 bridgehead atoms. The Morgan fingerprint density at radius 3 is 2.87 bits per heavy atom. The molecule has 0 unspecified atom stereocenters. The summed E-state index contributed by atoms with van der Waals surface area (Å²) in [4.78, 5) is 13.8. The van der Waals surface area contributed by atoms with Crippen molar-refractivity contribution in [3.8, 4) is 0 Å². The first-order valence-corrected chi connectivity index (χ1v) is 5.16. The lowest BCUT2D eigenvalue weighted by molar-refractivity contribution is 0.0853. The van der Waals surface area contributed by atoms with Crippen molar-refractivity contribution < 1.29 is 9.53 Å². The van der Waals surface area contributed by atoms with Crippen LogP contribution in [0.15, 0.2) is 29.3 Å². The summed E-state index contributed by atoms with van der Waals surface area (Å²) in [6, 6.07) is 7.79. The summed E-state index contributed by atoms with van der Waals surface area (Å²) in [7, 11) is 0. The molecule has 0 aliphatic carbocycles. The minimum absolute atomic E-state index is 0.542. The van der Waals surface area contributed by atoms with Crippen LogP contribution < -0.4 is 0 Å². The molecule has 0 radical (unpaired) electrons. The Balaban J connectivity index is 2.19. The SMILES string of the molecule is O=C=Nc1cccc(C2CCOCC2)c1. The van der Waals surface area contributed by atoms with E-state index in [1.54, 1.807) is 6.08 Å². The average molecular weight is 203 g/mol. The highest BCUT2D eigenvalue weighted by atomic mass is 16.5. The Bertz CT molecular complexity index is 377. The van der Waals surface area contributed by atoms with Crippen LogP contribution in [0.5, 0.6) is 0 Å². The maximum absolute atomic E-state index is 10.2. The lowest BCUT2D eigenvalue weighted by Gasteiger charge is -2.22. The van der Waals surface area contributed by atoms with Crippen LogP contribution in [0.3, 0.4) is 0 Å². The fourth-order valence-electron chi connectivity index (χ4n) is 1.93. The molecule has 1 aromatic rings.